The van der Waals surface area contributed by atoms with Gasteiger partial charge in [0.25, 0.3) is 0 Å². The van der Waals surface area contributed by atoms with Crippen LogP contribution in [0.25, 0.3) is 11.0 Å². The Hall–Kier alpha value is -2.27. The summed E-state index contributed by atoms with van der Waals surface area (Å²) in [6.07, 6.45) is 1.72. The van der Waals surface area contributed by atoms with Crippen molar-refractivity contribution in [1.82, 2.24) is 5.32 Å². The zero-order chi connectivity index (χ0) is 15.2. The number of nitrogens with zero attached hydrogens (tertiary/aromatic N) is 1. The Morgan fingerprint density at radius 1 is 1.18 bits per heavy atom. The van der Waals surface area contributed by atoms with E-state index in [0.717, 1.165) is 29.6 Å². The van der Waals surface area contributed by atoms with E-state index in [-0.39, 0.29) is 0 Å². The Labute approximate surface area is 133 Å². The number of guanidine groups is 1. The average Bonchev–Trinajstić information content (AvgIpc) is 3.15. The molecule has 0 unspecified atom stereocenters. The maximum atomic E-state index is 5.86. The molecule has 0 amide bonds. The SMILES string of the molecule is NC(=NCCc1cccs1)NCCc1cc2ccccc2o1. The molecule has 0 radical (unpaired) electrons. The summed E-state index contributed by atoms with van der Waals surface area (Å²) >= 11 is 1.75. The van der Waals surface area contributed by atoms with Gasteiger partial charge in [0.05, 0.1) is 0 Å². The number of rotatable bonds is 6. The predicted octanol–water partition coefficient (Wildman–Crippen LogP) is 3.18. The minimum absolute atomic E-state index is 0.493. The lowest BCUT2D eigenvalue weighted by Gasteiger charge is -2.03. The van der Waals surface area contributed by atoms with Crippen LogP contribution in [0.3, 0.4) is 0 Å². The Balaban J connectivity index is 1.43. The lowest BCUT2D eigenvalue weighted by atomic mass is 10.2. The van der Waals surface area contributed by atoms with Crippen molar-refractivity contribution in [2.75, 3.05) is 13.1 Å². The Morgan fingerprint density at radius 3 is 2.91 bits per heavy atom. The lowest BCUT2D eigenvalue weighted by molar-refractivity contribution is 0.545. The fourth-order valence-electron chi connectivity index (χ4n) is 2.27. The maximum absolute atomic E-state index is 5.86. The number of hydrogen-bond acceptors (Lipinski definition) is 3. The second-order valence-corrected chi connectivity index (χ2v) is 6.06. The molecule has 0 saturated heterocycles. The van der Waals surface area contributed by atoms with Crippen molar-refractivity contribution in [2.24, 2.45) is 10.7 Å². The van der Waals surface area contributed by atoms with Crippen LogP contribution in [-0.4, -0.2) is 19.0 Å². The van der Waals surface area contributed by atoms with Crippen LogP contribution in [0, 0.1) is 0 Å². The van der Waals surface area contributed by atoms with Crippen LogP contribution in [-0.2, 0) is 12.8 Å². The molecular formula is C17H19N3OS. The number of para-hydroxylation sites is 1. The van der Waals surface area contributed by atoms with E-state index in [1.807, 2.05) is 18.2 Å². The summed E-state index contributed by atoms with van der Waals surface area (Å²) in [4.78, 5) is 5.66. The number of thiophene rings is 1. The largest absolute Gasteiger partial charge is 0.461 e. The van der Waals surface area contributed by atoms with Gasteiger partial charge in [-0.1, -0.05) is 24.3 Å². The molecule has 3 N–H and O–H groups in total. The highest BCUT2D eigenvalue weighted by atomic mass is 32.1. The summed E-state index contributed by atoms with van der Waals surface area (Å²) in [7, 11) is 0. The minimum Gasteiger partial charge on any atom is -0.461 e. The van der Waals surface area contributed by atoms with Crippen molar-refractivity contribution in [3.63, 3.8) is 0 Å². The number of aliphatic imine (C=N–C) groups is 1. The lowest BCUT2D eigenvalue weighted by Crippen LogP contribution is -2.33. The number of benzene rings is 1. The fourth-order valence-corrected chi connectivity index (χ4v) is 2.97. The van der Waals surface area contributed by atoms with Crippen molar-refractivity contribution in [2.45, 2.75) is 12.8 Å². The van der Waals surface area contributed by atoms with Crippen LogP contribution in [0.15, 0.2) is 57.3 Å². The van der Waals surface area contributed by atoms with Gasteiger partial charge in [0.15, 0.2) is 5.96 Å². The predicted molar refractivity (Wildman–Crippen MR) is 92.4 cm³/mol. The highest BCUT2D eigenvalue weighted by Gasteiger charge is 2.02. The summed E-state index contributed by atoms with van der Waals surface area (Å²) < 4.78 is 5.76. The van der Waals surface area contributed by atoms with Gasteiger partial charge < -0.3 is 15.5 Å². The van der Waals surface area contributed by atoms with Gasteiger partial charge in [-0.15, -0.1) is 11.3 Å². The number of furan rings is 1. The molecule has 0 saturated carbocycles. The average molecular weight is 313 g/mol. The van der Waals surface area contributed by atoms with Crippen LogP contribution in [0.1, 0.15) is 10.6 Å². The van der Waals surface area contributed by atoms with Crippen molar-refractivity contribution in [3.05, 3.63) is 58.5 Å². The summed E-state index contributed by atoms with van der Waals surface area (Å²) in [5.74, 6) is 1.45. The molecule has 22 heavy (non-hydrogen) atoms. The molecule has 3 rings (SSSR count). The van der Waals surface area contributed by atoms with Crippen molar-refractivity contribution >= 4 is 28.3 Å². The van der Waals surface area contributed by atoms with Gasteiger partial charge in [-0.3, -0.25) is 4.99 Å². The molecule has 2 aromatic heterocycles. The van der Waals surface area contributed by atoms with Gasteiger partial charge in [0.1, 0.15) is 11.3 Å². The Bertz CT molecular complexity index is 713. The van der Waals surface area contributed by atoms with Gasteiger partial charge in [-0.2, -0.15) is 0 Å². The quantitative estimate of drug-likeness (QED) is 0.542. The summed E-state index contributed by atoms with van der Waals surface area (Å²) in [6.45, 7) is 1.43. The molecule has 0 spiro atoms. The number of nitrogens with one attached hydrogen (secondary N) is 1. The van der Waals surface area contributed by atoms with Crippen LogP contribution in [0.5, 0.6) is 0 Å². The number of hydrogen-bond donors (Lipinski definition) is 2. The van der Waals surface area contributed by atoms with Crippen LogP contribution in [0.4, 0.5) is 0 Å². The van der Waals surface area contributed by atoms with Crippen LogP contribution >= 0.6 is 11.3 Å². The zero-order valence-corrected chi connectivity index (χ0v) is 13.1. The molecule has 5 heteroatoms. The molecule has 3 aromatic rings. The number of fused-ring (bicyclic) bond motifs is 1. The smallest absolute Gasteiger partial charge is 0.188 e. The molecule has 0 atom stereocenters. The monoisotopic (exact) mass is 313 g/mol. The van der Waals surface area contributed by atoms with Gasteiger partial charge in [0.2, 0.25) is 0 Å². The molecule has 0 aliphatic heterocycles. The first-order valence-corrected chi connectivity index (χ1v) is 8.23. The zero-order valence-electron chi connectivity index (χ0n) is 12.3. The number of nitrogens with two attached hydrogens (primary N) is 1. The Kier molecular flexibility index (Phi) is 4.75. The summed E-state index contributed by atoms with van der Waals surface area (Å²) in [5.41, 5.74) is 6.79. The normalized spacial score (nSPS) is 11.9. The molecule has 114 valence electrons. The van der Waals surface area contributed by atoms with E-state index in [1.165, 1.54) is 4.88 Å². The topological polar surface area (TPSA) is 63.5 Å². The van der Waals surface area contributed by atoms with E-state index in [2.05, 4.69) is 40.0 Å². The van der Waals surface area contributed by atoms with Crippen LogP contribution in [0.2, 0.25) is 0 Å². The van der Waals surface area contributed by atoms with Gasteiger partial charge in [-0.05, 0) is 23.6 Å². The second kappa shape index (κ2) is 7.13. The maximum Gasteiger partial charge on any atom is 0.188 e. The minimum atomic E-state index is 0.493. The summed E-state index contributed by atoms with van der Waals surface area (Å²) in [6, 6.07) is 14.3. The third-order valence-electron chi connectivity index (χ3n) is 3.37. The molecule has 1 aromatic carbocycles. The second-order valence-electron chi connectivity index (χ2n) is 5.02. The molecule has 0 aliphatic rings. The molecular weight excluding hydrogens is 294 g/mol. The van der Waals surface area contributed by atoms with Crippen molar-refractivity contribution in [1.29, 1.82) is 0 Å². The standard InChI is InChI=1S/C17H19N3OS/c18-17(20-10-8-15-5-3-11-22-15)19-9-7-14-12-13-4-1-2-6-16(13)21-14/h1-6,11-12H,7-10H2,(H3,18,19,20). The van der Waals surface area contributed by atoms with Gasteiger partial charge >= 0.3 is 0 Å². The van der Waals surface area contributed by atoms with Crippen LogP contribution < -0.4 is 11.1 Å². The molecule has 0 aliphatic carbocycles. The summed E-state index contributed by atoms with van der Waals surface area (Å²) in [5, 5.41) is 6.34. The molecule has 2 heterocycles. The highest BCUT2D eigenvalue weighted by Crippen LogP contribution is 2.18. The molecule has 0 bridgehead atoms. The van der Waals surface area contributed by atoms with E-state index >= 15 is 0 Å². The van der Waals surface area contributed by atoms with E-state index in [1.54, 1.807) is 11.3 Å². The fraction of sp³-hybridized carbons (Fsp3) is 0.235. The first kappa shape index (κ1) is 14.7. The highest BCUT2D eigenvalue weighted by molar-refractivity contribution is 7.09. The first-order chi connectivity index (χ1) is 10.8. The van der Waals surface area contributed by atoms with Gasteiger partial charge in [0, 0.05) is 36.2 Å². The Morgan fingerprint density at radius 2 is 2.09 bits per heavy atom. The molecule has 4 nitrogen and oxygen atoms in total. The van der Waals surface area contributed by atoms with Gasteiger partial charge in [-0.25, -0.2) is 0 Å². The van der Waals surface area contributed by atoms with E-state index in [9.17, 15) is 0 Å². The third kappa shape index (κ3) is 3.89. The van der Waals surface area contributed by atoms with E-state index in [4.69, 9.17) is 10.2 Å². The van der Waals surface area contributed by atoms with Crippen molar-refractivity contribution < 1.29 is 4.42 Å². The molecule has 0 fully saturated rings. The van der Waals surface area contributed by atoms with E-state index in [0.29, 0.717) is 19.0 Å². The third-order valence-corrected chi connectivity index (χ3v) is 4.31. The first-order valence-electron chi connectivity index (χ1n) is 7.35. The van der Waals surface area contributed by atoms with Crippen molar-refractivity contribution in [3.8, 4) is 0 Å². The van der Waals surface area contributed by atoms with E-state index < -0.39 is 0 Å².